The van der Waals surface area contributed by atoms with E-state index in [0.29, 0.717) is 16.7 Å². The van der Waals surface area contributed by atoms with Gasteiger partial charge in [-0.25, -0.2) is 4.99 Å². The molecule has 0 aliphatic carbocycles. The van der Waals surface area contributed by atoms with Crippen LogP contribution in [0.4, 0.5) is 5.69 Å². The maximum absolute atomic E-state index is 12.3. The third-order valence-corrected chi connectivity index (χ3v) is 5.22. The highest BCUT2D eigenvalue weighted by molar-refractivity contribution is 8.18. The van der Waals surface area contributed by atoms with Crippen LogP contribution in [0.1, 0.15) is 16.7 Å². The lowest BCUT2D eigenvalue weighted by Crippen LogP contribution is -2.19. The number of rotatable bonds is 5. The molecule has 1 heterocycles. The van der Waals surface area contributed by atoms with Gasteiger partial charge in [-0.1, -0.05) is 54.6 Å². The predicted molar refractivity (Wildman–Crippen MR) is 119 cm³/mol. The zero-order chi connectivity index (χ0) is 20.1. The molecule has 144 valence electrons. The maximum atomic E-state index is 12.3. The topological polar surface area (TPSA) is 50.7 Å². The number of hydrogen-bond donors (Lipinski definition) is 1. The summed E-state index contributed by atoms with van der Waals surface area (Å²) in [5.74, 6) is 0.659. The van der Waals surface area contributed by atoms with Gasteiger partial charge in [0.15, 0.2) is 5.17 Å². The molecule has 1 fully saturated rings. The highest BCUT2D eigenvalue weighted by Gasteiger charge is 2.23. The van der Waals surface area contributed by atoms with Crippen LogP contribution in [0.15, 0.2) is 88.8 Å². The average molecular weight is 401 g/mol. The van der Waals surface area contributed by atoms with Crippen molar-refractivity contribution in [1.82, 2.24) is 5.32 Å². The van der Waals surface area contributed by atoms with E-state index in [0.717, 1.165) is 28.1 Å². The molecule has 1 aliphatic rings. The van der Waals surface area contributed by atoms with Gasteiger partial charge in [-0.15, -0.1) is 0 Å². The standard InChI is InChI=1S/C24H20N2O2S/c1-17-6-5-9-20(14-17)25-24-26-23(27)22(29-24)15-18-10-12-21(13-11-18)28-16-19-7-3-2-4-8-19/h2-15H,16H2,1H3,(H,25,26,27). The lowest BCUT2D eigenvalue weighted by molar-refractivity contribution is -0.115. The Labute approximate surface area is 174 Å². The second kappa shape index (κ2) is 8.80. The summed E-state index contributed by atoms with van der Waals surface area (Å²) in [6, 6.07) is 25.6. The minimum Gasteiger partial charge on any atom is -0.489 e. The molecule has 0 unspecified atom stereocenters. The highest BCUT2D eigenvalue weighted by atomic mass is 32.2. The Morgan fingerprint density at radius 2 is 1.79 bits per heavy atom. The number of amidine groups is 1. The van der Waals surface area contributed by atoms with Crippen molar-refractivity contribution in [2.75, 3.05) is 0 Å². The van der Waals surface area contributed by atoms with Crippen LogP contribution >= 0.6 is 11.8 Å². The predicted octanol–water partition coefficient (Wildman–Crippen LogP) is 5.47. The Balaban J connectivity index is 1.41. The summed E-state index contributed by atoms with van der Waals surface area (Å²) in [7, 11) is 0. The highest BCUT2D eigenvalue weighted by Crippen LogP contribution is 2.28. The second-order valence-corrected chi connectivity index (χ2v) is 7.69. The molecular formula is C24H20N2O2S. The van der Waals surface area contributed by atoms with Crippen molar-refractivity contribution in [3.63, 3.8) is 0 Å². The Hall–Kier alpha value is -3.31. The van der Waals surface area contributed by atoms with Gasteiger partial charge in [-0.05, 0) is 65.7 Å². The van der Waals surface area contributed by atoms with Gasteiger partial charge in [-0.2, -0.15) is 0 Å². The molecule has 29 heavy (non-hydrogen) atoms. The summed E-state index contributed by atoms with van der Waals surface area (Å²) in [5.41, 5.74) is 4.02. The van der Waals surface area contributed by atoms with Gasteiger partial charge < -0.3 is 10.1 Å². The van der Waals surface area contributed by atoms with Crippen LogP contribution < -0.4 is 10.1 Å². The van der Waals surface area contributed by atoms with Gasteiger partial charge in [0.2, 0.25) is 0 Å². The zero-order valence-corrected chi connectivity index (χ0v) is 16.8. The molecule has 3 aromatic carbocycles. The van der Waals surface area contributed by atoms with Crippen LogP contribution in [-0.4, -0.2) is 11.1 Å². The molecule has 4 nitrogen and oxygen atoms in total. The molecule has 1 aliphatic heterocycles. The van der Waals surface area contributed by atoms with Crippen molar-refractivity contribution in [3.8, 4) is 5.75 Å². The van der Waals surface area contributed by atoms with Crippen LogP contribution in [0.2, 0.25) is 0 Å². The Bertz CT molecular complexity index is 1070. The molecule has 0 aromatic heterocycles. The van der Waals surface area contributed by atoms with Gasteiger partial charge in [0.05, 0.1) is 10.6 Å². The largest absolute Gasteiger partial charge is 0.489 e. The Kier molecular flexibility index (Phi) is 5.77. The maximum Gasteiger partial charge on any atom is 0.264 e. The summed E-state index contributed by atoms with van der Waals surface area (Å²) < 4.78 is 5.81. The van der Waals surface area contributed by atoms with Crippen molar-refractivity contribution in [3.05, 3.63) is 100 Å². The molecule has 0 radical (unpaired) electrons. The van der Waals surface area contributed by atoms with Gasteiger partial charge in [0.1, 0.15) is 12.4 Å². The smallest absolute Gasteiger partial charge is 0.264 e. The van der Waals surface area contributed by atoms with Crippen LogP contribution in [0.5, 0.6) is 5.75 Å². The quantitative estimate of drug-likeness (QED) is 0.578. The normalized spacial score (nSPS) is 16.2. The molecule has 5 heteroatoms. The number of nitrogens with zero attached hydrogens (tertiary/aromatic N) is 1. The number of hydrogen-bond acceptors (Lipinski definition) is 4. The molecule has 0 saturated carbocycles. The minimum atomic E-state index is -0.134. The van der Waals surface area contributed by atoms with Crippen molar-refractivity contribution in [1.29, 1.82) is 0 Å². The van der Waals surface area contributed by atoms with Crippen LogP contribution in [-0.2, 0) is 11.4 Å². The summed E-state index contributed by atoms with van der Waals surface area (Å²) in [4.78, 5) is 17.4. The molecule has 1 amide bonds. The zero-order valence-electron chi connectivity index (χ0n) is 16.0. The summed E-state index contributed by atoms with van der Waals surface area (Å²) in [6.45, 7) is 2.54. The lowest BCUT2D eigenvalue weighted by atomic mass is 10.2. The van der Waals surface area contributed by atoms with Gasteiger partial charge in [0, 0.05) is 0 Å². The first-order valence-corrected chi connectivity index (χ1v) is 10.1. The van der Waals surface area contributed by atoms with E-state index in [1.54, 1.807) is 0 Å². The molecule has 1 N–H and O–H groups in total. The third kappa shape index (κ3) is 5.15. The first-order valence-electron chi connectivity index (χ1n) is 9.29. The molecule has 1 saturated heterocycles. The second-order valence-electron chi connectivity index (χ2n) is 6.66. The van der Waals surface area contributed by atoms with Gasteiger partial charge >= 0.3 is 0 Å². The van der Waals surface area contributed by atoms with Crippen molar-refractivity contribution < 1.29 is 9.53 Å². The van der Waals surface area contributed by atoms with Crippen LogP contribution in [0, 0.1) is 6.92 Å². The Morgan fingerprint density at radius 3 is 2.55 bits per heavy atom. The van der Waals surface area contributed by atoms with Gasteiger partial charge in [-0.3, -0.25) is 4.79 Å². The monoisotopic (exact) mass is 400 g/mol. The van der Waals surface area contributed by atoms with E-state index in [9.17, 15) is 4.79 Å². The SMILES string of the molecule is Cc1cccc(N=C2NC(=O)C(=Cc3ccc(OCc4ccccc4)cc3)S2)c1. The van der Waals surface area contributed by atoms with E-state index in [1.165, 1.54) is 11.8 Å². The number of aliphatic imine (C=N–C) groups is 1. The number of amides is 1. The molecule has 0 atom stereocenters. The van der Waals surface area contributed by atoms with Crippen molar-refractivity contribution in [2.45, 2.75) is 13.5 Å². The fourth-order valence-electron chi connectivity index (χ4n) is 2.85. The number of carbonyl (C=O) groups is 1. The van der Waals surface area contributed by atoms with Crippen molar-refractivity contribution >= 4 is 34.6 Å². The lowest BCUT2D eigenvalue weighted by Gasteiger charge is -2.06. The minimum absolute atomic E-state index is 0.134. The van der Waals surface area contributed by atoms with Gasteiger partial charge in [0.25, 0.3) is 5.91 Å². The number of benzene rings is 3. The van der Waals surface area contributed by atoms with E-state index in [2.05, 4.69) is 10.3 Å². The molecule has 4 rings (SSSR count). The average Bonchev–Trinajstić information content (AvgIpc) is 3.07. The van der Waals surface area contributed by atoms with E-state index in [-0.39, 0.29) is 5.91 Å². The molecule has 3 aromatic rings. The molecule has 0 bridgehead atoms. The fraction of sp³-hybridized carbons (Fsp3) is 0.0833. The summed E-state index contributed by atoms with van der Waals surface area (Å²) in [5, 5.41) is 3.42. The number of nitrogens with one attached hydrogen (secondary N) is 1. The number of thioether (sulfide) groups is 1. The van der Waals surface area contributed by atoms with E-state index >= 15 is 0 Å². The number of carbonyl (C=O) groups excluding carboxylic acids is 1. The van der Waals surface area contributed by atoms with Crippen molar-refractivity contribution in [2.24, 2.45) is 4.99 Å². The van der Waals surface area contributed by atoms with E-state index < -0.39 is 0 Å². The van der Waals surface area contributed by atoms with Crippen LogP contribution in [0.3, 0.4) is 0 Å². The molecule has 0 spiro atoms. The Morgan fingerprint density at radius 1 is 1.00 bits per heavy atom. The molecular weight excluding hydrogens is 380 g/mol. The number of aryl methyl sites for hydroxylation is 1. The summed E-state index contributed by atoms with van der Waals surface area (Å²) in [6.07, 6.45) is 1.86. The third-order valence-electron chi connectivity index (χ3n) is 4.31. The first kappa shape index (κ1) is 19.0. The summed E-state index contributed by atoms with van der Waals surface area (Å²) >= 11 is 1.35. The number of ether oxygens (including phenoxy) is 1. The van der Waals surface area contributed by atoms with Crippen LogP contribution in [0.25, 0.3) is 6.08 Å². The van der Waals surface area contributed by atoms with E-state index in [1.807, 2.05) is 91.9 Å². The first-order chi connectivity index (χ1) is 14.2. The fourth-order valence-corrected chi connectivity index (χ4v) is 3.69. The van der Waals surface area contributed by atoms with E-state index in [4.69, 9.17) is 4.74 Å².